The summed E-state index contributed by atoms with van der Waals surface area (Å²) in [4.78, 5) is 17.9. The van der Waals surface area contributed by atoms with Crippen LogP contribution in [0.3, 0.4) is 0 Å². The number of amides is 1. The molecule has 1 aliphatic carbocycles. The Morgan fingerprint density at radius 3 is 2.56 bits per heavy atom. The molecule has 0 bridgehead atoms. The third-order valence-electron chi connectivity index (χ3n) is 5.22. The van der Waals surface area contributed by atoms with Crippen molar-refractivity contribution in [3.63, 3.8) is 0 Å². The van der Waals surface area contributed by atoms with Crippen LogP contribution in [0.2, 0.25) is 0 Å². The molecule has 0 saturated carbocycles. The van der Waals surface area contributed by atoms with Crippen molar-refractivity contribution in [1.82, 2.24) is 4.57 Å². The molecule has 1 aromatic heterocycles. The third kappa shape index (κ3) is 2.95. The molecule has 128 valence electrons. The standard InChI is InChI=1S/C21H22N2OS/c1-13-10-18-19(11-14(13)2)25-21(23(18)3)22-20(24)17-9-8-15-6-4-5-7-16(15)12-17/h8-12H,4-7H2,1-3H3. The van der Waals surface area contributed by atoms with Gasteiger partial charge in [0.25, 0.3) is 5.91 Å². The van der Waals surface area contributed by atoms with Crippen LogP contribution in [0.1, 0.15) is 45.5 Å². The third-order valence-corrected chi connectivity index (χ3v) is 6.31. The number of carbonyl (C=O) groups excluding carboxylic acids is 1. The van der Waals surface area contributed by atoms with Gasteiger partial charge in [-0.05, 0) is 86.1 Å². The van der Waals surface area contributed by atoms with Crippen LogP contribution in [0.15, 0.2) is 35.3 Å². The Morgan fingerprint density at radius 2 is 1.76 bits per heavy atom. The number of thiazole rings is 1. The van der Waals surface area contributed by atoms with Crippen LogP contribution in [0.5, 0.6) is 0 Å². The molecule has 25 heavy (non-hydrogen) atoms. The van der Waals surface area contributed by atoms with Gasteiger partial charge < -0.3 is 4.57 Å². The van der Waals surface area contributed by atoms with E-state index >= 15 is 0 Å². The van der Waals surface area contributed by atoms with Crippen LogP contribution in [0.25, 0.3) is 10.2 Å². The highest BCUT2D eigenvalue weighted by Crippen LogP contribution is 2.23. The molecule has 0 unspecified atom stereocenters. The van der Waals surface area contributed by atoms with Crippen LogP contribution in [-0.4, -0.2) is 10.5 Å². The van der Waals surface area contributed by atoms with Crippen molar-refractivity contribution in [2.24, 2.45) is 12.0 Å². The molecule has 2 aromatic carbocycles. The molecule has 0 N–H and O–H groups in total. The fourth-order valence-corrected chi connectivity index (χ4v) is 4.60. The molecular weight excluding hydrogens is 328 g/mol. The Bertz CT molecular complexity index is 1060. The van der Waals surface area contributed by atoms with E-state index in [4.69, 9.17) is 0 Å². The minimum absolute atomic E-state index is 0.149. The van der Waals surface area contributed by atoms with Gasteiger partial charge >= 0.3 is 0 Å². The zero-order valence-electron chi connectivity index (χ0n) is 14.9. The van der Waals surface area contributed by atoms with Gasteiger partial charge in [-0.3, -0.25) is 4.79 Å². The number of benzene rings is 2. The lowest BCUT2D eigenvalue weighted by Crippen LogP contribution is -2.14. The van der Waals surface area contributed by atoms with Crippen molar-refractivity contribution in [2.45, 2.75) is 39.5 Å². The van der Waals surface area contributed by atoms with Gasteiger partial charge in [0, 0.05) is 12.6 Å². The second-order valence-electron chi connectivity index (χ2n) is 6.96. The minimum atomic E-state index is -0.149. The van der Waals surface area contributed by atoms with E-state index < -0.39 is 0 Å². The summed E-state index contributed by atoms with van der Waals surface area (Å²) in [6, 6.07) is 10.4. The summed E-state index contributed by atoms with van der Waals surface area (Å²) < 4.78 is 3.19. The summed E-state index contributed by atoms with van der Waals surface area (Å²) in [6.07, 6.45) is 4.67. The Kier molecular flexibility index (Phi) is 4.08. The quantitative estimate of drug-likeness (QED) is 0.637. The maximum atomic E-state index is 12.7. The van der Waals surface area contributed by atoms with Crippen LogP contribution >= 0.6 is 11.3 Å². The highest BCUT2D eigenvalue weighted by Gasteiger charge is 2.13. The number of fused-ring (bicyclic) bond motifs is 2. The van der Waals surface area contributed by atoms with E-state index in [0.717, 1.165) is 23.2 Å². The summed E-state index contributed by atoms with van der Waals surface area (Å²) in [5, 5.41) is 0. The van der Waals surface area contributed by atoms with Gasteiger partial charge in [0.1, 0.15) is 0 Å². The fourth-order valence-electron chi connectivity index (χ4n) is 3.50. The zero-order chi connectivity index (χ0) is 17.6. The molecule has 3 nitrogen and oxygen atoms in total. The number of hydrogen-bond donors (Lipinski definition) is 0. The molecular formula is C21H22N2OS. The zero-order valence-corrected chi connectivity index (χ0v) is 15.7. The number of aryl methyl sites for hydroxylation is 5. The van der Waals surface area contributed by atoms with E-state index in [1.165, 1.54) is 39.8 Å². The molecule has 0 saturated heterocycles. The van der Waals surface area contributed by atoms with Crippen molar-refractivity contribution in [3.8, 4) is 0 Å². The number of carbonyl (C=O) groups is 1. The van der Waals surface area contributed by atoms with E-state index in [2.05, 4.69) is 37.0 Å². The Labute approximate surface area is 151 Å². The highest BCUT2D eigenvalue weighted by molar-refractivity contribution is 7.16. The van der Waals surface area contributed by atoms with E-state index in [1.54, 1.807) is 11.3 Å². The van der Waals surface area contributed by atoms with Gasteiger partial charge in [-0.2, -0.15) is 4.99 Å². The normalized spacial score (nSPS) is 14.8. The maximum absolute atomic E-state index is 12.7. The SMILES string of the molecule is Cc1cc2sc(=NC(=O)c3ccc4c(c3)CCCC4)n(C)c2cc1C. The molecule has 4 rings (SSSR count). The minimum Gasteiger partial charge on any atom is -0.319 e. The number of hydrogen-bond acceptors (Lipinski definition) is 2. The Morgan fingerprint density at radius 1 is 1.04 bits per heavy atom. The maximum Gasteiger partial charge on any atom is 0.279 e. The predicted molar refractivity (Wildman–Crippen MR) is 103 cm³/mol. The molecule has 1 aliphatic rings. The van der Waals surface area contributed by atoms with Crippen LogP contribution in [-0.2, 0) is 19.9 Å². The topological polar surface area (TPSA) is 34.4 Å². The molecule has 1 heterocycles. The van der Waals surface area contributed by atoms with E-state index in [9.17, 15) is 4.79 Å². The summed E-state index contributed by atoms with van der Waals surface area (Å²) in [5.41, 5.74) is 7.06. The lowest BCUT2D eigenvalue weighted by molar-refractivity contribution is 0.0998. The summed E-state index contributed by atoms with van der Waals surface area (Å²) in [5.74, 6) is -0.149. The van der Waals surface area contributed by atoms with E-state index in [0.29, 0.717) is 5.56 Å². The first-order valence-electron chi connectivity index (χ1n) is 8.80. The van der Waals surface area contributed by atoms with E-state index in [1.807, 2.05) is 23.7 Å². The van der Waals surface area contributed by atoms with Gasteiger partial charge in [0.05, 0.1) is 10.2 Å². The smallest absolute Gasteiger partial charge is 0.279 e. The van der Waals surface area contributed by atoms with E-state index in [-0.39, 0.29) is 5.91 Å². The lowest BCUT2D eigenvalue weighted by atomic mass is 9.90. The van der Waals surface area contributed by atoms with Crippen molar-refractivity contribution in [2.75, 3.05) is 0 Å². The van der Waals surface area contributed by atoms with Gasteiger partial charge in [-0.15, -0.1) is 0 Å². The van der Waals surface area contributed by atoms with Crippen LogP contribution in [0.4, 0.5) is 0 Å². The molecule has 0 radical (unpaired) electrons. The second kappa shape index (κ2) is 6.26. The molecule has 3 aromatic rings. The van der Waals surface area contributed by atoms with Gasteiger partial charge in [0.2, 0.25) is 0 Å². The fraction of sp³-hybridized carbons (Fsp3) is 0.333. The summed E-state index contributed by atoms with van der Waals surface area (Å²) in [7, 11) is 1.98. The average molecular weight is 350 g/mol. The van der Waals surface area contributed by atoms with Crippen molar-refractivity contribution >= 4 is 27.5 Å². The van der Waals surface area contributed by atoms with Gasteiger partial charge in [-0.25, -0.2) is 0 Å². The second-order valence-corrected chi connectivity index (χ2v) is 7.96. The summed E-state index contributed by atoms with van der Waals surface area (Å²) >= 11 is 1.57. The van der Waals surface area contributed by atoms with Crippen molar-refractivity contribution in [1.29, 1.82) is 0 Å². The van der Waals surface area contributed by atoms with Gasteiger partial charge in [0.15, 0.2) is 4.80 Å². The predicted octanol–water partition coefficient (Wildman–Crippen LogP) is 4.48. The number of rotatable bonds is 1. The molecule has 0 atom stereocenters. The summed E-state index contributed by atoms with van der Waals surface area (Å²) in [6.45, 7) is 4.23. The molecule has 0 spiro atoms. The number of nitrogens with zero attached hydrogens (tertiary/aromatic N) is 2. The molecule has 0 aliphatic heterocycles. The Balaban J connectivity index is 1.76. The number of aromatic nitrogens is 1. The van der Waals surface area contributed by atoms with Crippen LogP contribution < -0.4 is 4.80 Å². The average Bonchev–Trinajstić information content (AvgIpc) is 2.90. The molecule has 4 heteroatoms. The van der Waals surface area contributed by atoms with Crippen molar-refractivity contribution < 1.29 is 4.79 Å². The first kappa shape index (κ1) is 16.3. The highest BCUT2D eigenvalue weighted by atomic mass is 32.1. The Hall–Kier alpha value is -2.20. The van der Waals surface area contributed by atoms with Crippen LogP contribution in [0, 0.1) is 13.8 Å². The molecule has 0 fully saturated rings. The largest absolute Gasteiger partial charge is 0.319 e. The first-order chi connectivity index (χ1) is 12.0. The molecule has 1 amide bonds. The van der Waals surface area contributed by atoms with Gasteiger partial charge in [-0.1, -0.05) is 17.4 Å². The monoisotopic (exact) mass is 350 g/mol. The first-order valence-corrected chi connectivity index (χ1v) is 9.62. The van der Waals surface area contributed by atoms with Crippen molar-refractivity contribution in [3.05, 3.63) is 63.0 Å². The lowest BCUT2D eigenvalue weighted by Gasteiger charge is -2.15.